The van der Waals surface area contributed by atoms with Gasteiger partial charge in [-0.25, -0.2) is 9.59 Å². The molecule has 4 heteroatoms. The van der Waals surface area contributed by atoms with E-state index in [2.05, 4.69) is 20.8 Å². The number of ether oxygens (including phenoxy) is 2. The van der Waals surface area contributed by atoms with Crippen LogP contribution in [-0.2, 0) is 21.5 Å². The van der Waals surface area contributed by atoms with Crippen molar-refractivity contribution >= 4 is 11.9 Å². The van der Waals surface area contributed by atoms with Gasteiger partial charge >= 0.3 is 11.9 Å². The molecule has 3 rings (SSSR count). The summed E-state index contributed by atoms with van der Waals surface area (Å²) in [5.74, 6) is -0.763. The highest BCUT2D eigenvalue weighted by Gasteiger charge is 2.47. The van der Waals surface area contributed by atoms with Crippen LogP contribution >= 0.6 is 0 Å². The molecule has 1 unspecified atom stereocenters. The van der Waals surface area contributed by atoms with E-state index in [-0.39, 0.29) is 5.92 Å². The van der Waals surface area contributed by atoms with Crippen LogP contribution < -0.4 is 0 Å². The molecule has 1 atom stereocenters. The summed E-state index contributed by atoms with van der Waals surface area (Å²) >= 11 is 0. The van der Waals surface area contributed by atoms with Gasteiger partial charge in [-0.15, -0.1) is 0 Å². The summed E-state index contributed by atoms with van der Waals surface area (Å²) in [6.07, 6.45) is 2.89. The van der Waals surface area contributed by atoms with Crippen molar-refractivity contribution in [2.75, 3.05) is 7.11 Å². The van der Waals surface area contributed by atoms with Crippen LogP contribution in [0, 0.1) is 0 Å². The molecule has 0 aromatic heterocycles. The molecule has 4 nitrogen and oxygen atoms in total. The van der Waals surface area contributed by atoms with Gasteiger partial charge in [0.25, 0.3) is 0 Å². The highest BCUT2D eigenvalue weighted by molar-refractivity contribution is 6.07. The highest BCUT2D eigenvalue weighted by Crippen LogP contribution is 2.47. The van der Waals surface area contributed by atoms with E-state index in [1.165, 1.54) is 7.11 Å². The Morgan fingerprint density at radius 2 is 1.89 bits per heavy atom. The fourth-order valence-corrected chi connectivity index (χ4v) is 4.14. The molecule has 0 N–H and O–H groups in total. The van der Waals surface area contributed by atoms with Crippen molar-refractivity contribution in [3.8, 4) is 0 Å². The van der Waals surface area contributed by atoms with Crippen molar-refractivity contribution < 1.29 is 19.1 Å². The number of methoxy groups -OCH3 is 1. The second-order valence-electron chi connectivity index (χ2n) is 7.78. The van der Waals surface area contributed by atoms with Crippen LogP contribution in [0.3, 0.4) is 0 Å². The Balaban J connectivity index is 2.39. The molecule has 148 valence electrons. The monoisotopic (exact) mass is 380 g/mol. The van der Waals surface area contributed by atoms with Crippen molar-refractivity contribution in [2.45, 2.75) is 58.5 Å². The normalized spacial score (nSPS) is 18.1. The van der Waals surface area contributed by atoms with Gasteiger partial charge in [-0.05, 0) is 48.4 Å². The van der Waals surface area contributed by atoms with Crippen LogP contribution in [0.25, 0.3) is 0 Å². The lowest BCUT2D eigenvalue weighted by Crippen LogP contribution is -2.25. The summed E-state index contributed by atoms with van der Waals surface area (Å²) in [5, 5.41) is 0. The van der Waals surface area contributed by atoms with Gasteiger partial charge in [0.05, 0.1) is 18.2 Å². The summed E-state index contributed by atoms with van der Waals surface area (Å²) < 4.78 is 10.9. The largest absolute Gasteiger partial charge is 0.465 e. The Morgan fingerprint density at radius 3 is 2.46 bits per heavy atom. The Labute approximate surface area is 166 Å². The van der Waals surface area contributed by atoms with Crippen molar-refractivity contribution in [2.24, 2.45) is 0 Å². The Hall–Kier alpha value is -2.62. The van der Waals surface area contributed by atoms with Crippen molar-refractivity contribution in [1.29, 1.82) is 0 Å². The minimum absolute atomic E-state index is 0.205. The molecule has 0 spiro atoms. The molecule has 1 heterocycles. The summed E-state index contributed by atoms with van der Waals surface area (Å²) in [6, 6.07) is 11.6. The molecule has 0 aliphatic carbocycles. The molecule has 0 saturated heterocycles. The smallest absolute Gasteiger partial charge is 0.340 e. The van der Waals surface area contributed by atoms with E-state index in [4.69, 9.17) is 9.47 Å². The number of benzene rings is 2. The third-order valence-electron chi connectivity index (χ3n) is 5.58. The molecule has 1 aliphatic rings. The summed E-state index contributed by atoms with van der Waals surface area (Å²) in [7, 11) is 1.34. The summed E-state index contributed by atoms with van der Waals surface area (Å²) in [4.78, 5) is 25.5. The number of esters is 2. The Bertz CT molecular complexity index is 899. The summed E-state index contributed by atoms with van der Waals surface area (Å²) in [5.41, 5.74) is 3.65. The molecule has 28 heavy (non-hydrogen) atoms. The van der Waals surface area contributed by atoms with E-state index in [0.29, 0.717) is 11.1 Å². The first-order valence-corrected chi connectivity index (χ1v) is 9.92. The zero-order valence-corrected chi connectivity index (χ0v) is 17.3. The van der Waals surface area contributed by atoms with E-state index in [1.54, 1.807) is 0 Å². The molecular weight excluding hydrogens is 352 g/mol. The van der Waals surface area contributed by atoms with E-state index in [0.717, 1.165) is 41.5 Å². The average molecular weight is 380 g/mol. The minimum Gasteiger partial charge on any atom is -0.465 e. The maximum absolute atomic E-state index is 13.0. The van der Waals surface area contributed by atoms with Gasteiger partial charge in [0.15, 0.2) is 5.60 Å². The van der Waals surface area contributed by atoms with Crippen LogP contribution in [0.4, 0.5) is 0 Å². The molecule has 0 saturated carbocycles. The molecule has 1 aliphatic heterocycles. The molecule has 2 aromatic carbocycles. The number of carbonyl (C=O) groups excluding carboxylic acids is 2. The highest BCUT2D eigenvalue weighted by atomic mass is 16.6. The van der Waals surface area contributed by atoms with Crippen molar-refractivity contribution in [1.82, 2.24) is 0 Å². The van der Waals surface area contributed by atoms with Crippen LogP contribution in [0.15, 0.2) is 36.4 Å². The van der Waals surface area contributed by atoms with Crippen LogP contribution in [0.2, 0.25) is 0 Å². The number of cyclic esters (lactones) is 1. The number of hydrogen-bond acceptors (Lipinski definition) is 4. The molecule has 0 bridgehead atoms. The predicted octanol–water partition coefficient (Wildman–Crippen LogP) is 5.37. The average Bonchev–Trinajstić information content (AvgIpc) is 2.97. The number of hydrogen-bond donors (Lipinski definition) is 0. The SMILES string of the molecule is CCCCc1c(C(C)C)cc(C(=O)OC)c2c1C(C)(c1ccccc1)OC2=O. The molecule has 0 radical (unpaired) electrons. The van der Waals surface area contributed by atoms with Crippen molar-refractivity contribution in [3.05, 3.63) is 69.8 Å². The molecular formula is C24H28O4. The fourth-order valence-electron chi connectivity index (χ4n) is 4.14. The topological polar surface area (TPSA) is 52.6 Å². The molecule has 2 aromatic rings. The molecule has 0 fully saturated rings. The van der Waals surface area contributed by atoms with E-state index in [1.807, 2.05) is 43.3 Å². The lowest BCUT2D eigenvalue weighted by Gasteiger charge is -2.29. The van der Waals surface area contributed by atoms with Gasteiger partial charge in [0.1, 0.15) is 0 Å². The first-order chi connectivity index (χ1) is 13.3. The zero-order chi connectivity index (χ0) is 20.5. The van der Waals surface area contributed by atoms with E-state index in [9.17, 15) is 9.59 Å². The summed E-state index contributed by atoms with van der Waals surface area (Å²) in [6.45, 7) is 8.29. The quantitative estimate of drug-likeness (QED) is 0.632. The van der Waals surface area contributed by atoms with Crippen molar-refractivity contribution in [3.63, 3.8) is 0 Å². The van der Waals surface area contributed by atoms with Crippen LogP contribution in [-0.4, -0.2) is 19.0 Å². The molecule has 0 amide bonds. The second-order valence-corrected chi connectivity index (χ2v) is 7.78. The number of fused-ring (bicyclic) bond motifs is 1. The Morgan fingerprint density at radius 1 is 1.21 bits per heavy atom. The third-order valence-corrected chi connectivity index (χ3v) is 5.58. The fraction of sp³-hybridized carbons (Fsp3) is 0.417. The van der Waals surface area contributed by atoms with Gasteiger partial charge in [-0.1, -0.05) is 57.5 Å². The lowest BCUT2D eigenvalue weighted by molar-refractivity contribution is 0.0176. The number of rotatable bonds is 6. The predicted molar refractivity (Wildman–Crippen MR) is 109 cm³/mol. The van der Waals surface area contributed by atoms with Gasteiger partial charge in [-0.2, -0.15) is 0 Å². The first kappa shape index (κ1) is 20.1. The standard InChI is InChI=1S/C24H28O4/c1-6-7-13-17-18(15(2)3)14-19(22(25)27-5)20-21(17)24(4,28-23(20)26)16-11-9-8-10-12-16/h8-12,14-15H,6-7,13H2,1-5H3. The lowest BCUT2D eigenvalue weighted by atomic mass is 9.77. The maximum atomic E-state index is 13.0. The van der Waals surface area contributed by atoms with E-state index < -0.39 is 17.5 Å². The second kappa shape index (κ2) is 7.78. The zero-order valence-electron chi connectivity index (χ0n) is 17.3. The van der Waals surface area contributed by atoms with E-state index >= 15 is 0 Å². The number of carbonyl (C=O) groups is 2. The Kier molecular flexibility index (Phi) is 5.59. The third kappa shape index (κ3) is 3.21. The van der Waals surface area contributed by atoms with Gasteiger partial charge in [-0.3, -0.25) is 0 Å². The van der Waals surface area contributed by atoms with Crippen LogP contribution in [0.1, 0.15) is 89.4 Å². The van der Waals surface area contributed by atoms with Crippen LogP contribution in [0.5, 0.6) is 0 Å². The minimum atomic E-state index is -0.926. The van der Waals surface area contributed by atoms with Gasteiger partial charge in [0, 0.05) is 5.56 Å². The van der Waals surface area contributed by atoms with Gasteiger partial charge < -0.3 is 9.47 Å². The maximum Gasteiger partial charge on any atom is 0.340 e. The van der Waals surface area contributed by atoms with Gasteiger partial charge in [0.2, 0.25) is 0 Å². The first-order valence-electron chi connectivity index (χ1n) is 9.92. The number of unbranched alkanes of at least 4 members (excludes halogenated alkanes) is 1.